The van der Waals surface area contributed by atoms with Gasteiger partial charge in [0.05, 0.1) is 10.0 Å². The quantitative estimate of drug-likeness (QED) is 0.539. The summed E-state index contributed by atoms with van der Waals surface area (Å²) in [4.78, 5) is 33.2. The molecule has 1 N–H and O–H groups in total. The van der Waals surface area contributed by atoms with Crippen molar-refractivity contribution in [2.24, 2.45) is 0 Å². The zero-order valence-corrected chi connectivity index (χ0v) is 18.0. The summed E-state index contributed by atoms with van der Waals surface area (Å²) >= 11 is 12.5. The molecule has 0 spiro atoms. The molecule has 0 unspecified atom stereocenters. The van der Waals surface area contributed by atoms with E-state index in [4.69, 9.17) is 23.2 Å². The number of benzene rings is 2. The third-order valence-electron chi connectivity index (χ3n) is 6.13. The van der Waals surface area contributed by atoms with Crippen molar-refractivity contribution in [3.05, 3.63) is 69.3 Å². The fourth-order valence-corrected chi connectivity index (χ4v) is 4.99. The molecule has 2 atom stereocenters. The molecule has 7 heteroatoms. The topological polar surface area (TPSA) is 56.4 Å². The highest BCUT2D eigenvalue weighted by Crippen LogP contribution is 2.44. The Bertz CT molecular complexity index is 1170. The summed E-state index contributed by atoms with van der Waals surface area (Å²) < 4.78 is 0. The Hall–Kier alpha value is -2.50. The van der Waals surface area contributed by atoms with Crippen molar-refractivity contribution in [1.82, 2.24) is 14.8 Å². The minimum atomic E-state index is -0.513. The molecule has 30 heavy (non-hydrogen) atoms. The van der Waals surface area contributed by atoms with E-state index in [0.717, 1.165) is 40.6 Å². The number of halogens is 2. The highest BCUT2D eigenvalue weighted by atomic mass is 35.5. The summed E-state index contributed by atoms with van der Waals surface area (Å²) in [7, 11) is 0. The Morgan fingerprint density at radius 1 is 1.10 bits per heavy atom. The van der Waals surface area contributed by atoms with Gasteiger partial charge < -0.3 is 4.98 Å². The Labute approximate surface area is 184 Å². The van der Waals surface area contributed by atoms with Gasteiger partial charge in [-0.3, -0.25) is 14.6 Å². The van der Waals surface area contributed by atoms with E-state index < -0.39 is 12.1 Å². The molecule has 2 aromatic carbocycles. The van der Waals surface area contributed by atoms with Crippen molar-refractivity contribution in [3.63, 3.8) is 0 Å². The molecule has 2 aliphatic rings. The second-order valence-electron chi connectivity index (χ2n) is 7.89. The number of imide groups is 1. The highest BCUT2D eigenvalue weighted by Gasteiger charge is 2.52. The van der Waals surface area contributed by atoms with Crippen molar-refractivity contribution >= 4 is 46.0 Å². The number of aromatic amines is 1. The fraction of sp³-hybridized carbons (Fsp3) is 0.304. The van der Waals surface area contributed by atoms with Crippen LogP contribution >= 0.6 is 23.2 Å². The van der Waals surface area contributed by atoms with Crippen LogP contribution in [0.25, 0.3) is 10.9 Å². The minimum Gasteiger partial charge on any atom is -0.356 e. The Kier molecular flexibility index (Phi) is 4.75. The van der Waals surface area contributed by atoms with Crippen molar-refractivity contribution in [3.8, 4) is 0 Å². The van der Waals surface area contributed by atoms with Gasteiger partial charge in [-0.1, -0.05) is 60.8 Å². The standard InChI is InChI=1S/C23H21Cl2N3O2/c1-2-3-10-27-22(29)19-12-15-14-6-4-5-7-18(14)26-20(15)21(28(19)23(27)30)13-8-9-16(24)17(25)11-13/h4-9,11,19,21,26H,2-3,10,12H2,1H3/t19-,21+/m0/s1. The predicted octanol–water partition coefficient (Wildman–Crippen LogP) is 5.55. The van der Waals surface area contributed by atoms with E-state index in [0.29, 0.717) is 23.0 Å². The van der Waals surface area contributed by atoms with Gasteiger partial charge in [-0.05, 0) is 35.7 Å². The maximum atomic E-state index is 13.4. The molecule has 5 rings (SSSR count). The Morgan fingerprint density at radius 3 is 2.67 bits per heavy atom. The number of H-pyrrole nitrogens is 1. The lowest BCUT2D eigenvalue weighted by Gasteiger charge is -2.36. The number of amides is 3. The molecule has 154 valence electrons. The summed E-state index contributed by atoms with van der Waals surface area (Å²) in [5, 5.41) is 1.97. The van der Waals surface area contributed by atoms with Gasteiger partial charge >= 0.3 is 6.03 Å². The molecule has 3 aromatic rings. The van der Waals surface area contributed by atoms with Crippen LogP contribution in [0.3, 0.4) is 0 Å². The van der Waals surface area contributed by atoms with Crippen LogP contribution in [0.5, 0.6) is 0 Å². The molecule has 2 aliphatic heterocycles. The molecule has 5 nitrogen and oxygen atoms in total. The maximum absolute atomic E-state index is 13.4. The van der Waals surface area contributed by atoms with Crippen LogP contribution in [0.15, 0.2) is 42.5 Å². The first-order valence-corrected chi connectivity index (χ1v) is 10.9. The van der Waals surface area contributed by atoms with E-state index in [1.807, 2.05) is 31.2 Å². The molecule has 0 radical (unpaired) electrons. The van der Waals surface area contributed by atoms with Gasteiger partial charge in [0.1, 0.15) is 12.1 Å². The zero-order valence-electron chi connectivity index (χ0n) is 16.5. The van der Waals surface area contributed by atoms with E-state index in [1.54, 1.807) is 17.0 Å². The molecular formula is C23H21Cl2N3O2. The number of para-hydroxylation sites is 1. The number of nitrogens with one attached hydrogen (secondary N) is 1. The normalized spacial score (nSPS) is 20.8. The first-order chi connectivity index (χ1) is 14.5. The van der Waals surface area contributed by atoms with Crippen molar-refractivity contribution in [2.75, 3.05) is 6.54 Å². The number of carbonyl (C=O) groups is 2. The highest BCUT2D eigenvalue weighted by molar-refractivity contribution is 6.42. The van der Waals surface area contributed by atoms with Crippen molar-refractivity contribution < 1.29 is 9.59 Å². The van der Waals surface area contributed by atoms with Gasteiger partial charge in [-0.25, -0.2) is 4.79 Å². The summed E-state index contributed by atoms with van der Waals surface area (Å²) in [6, 6.07) is 12.3. The summed E-state index contributed by atoms with van der Waals surface area (Å²) in [5.41, 5.74) is 3.85. The Morgan fingerprint density at radius 2 is 1.90 bits per heavy atom. The first-order valence-electron chi connectivity index (χ1n) is 10.2. The minimum absolute atomic E-state index is 0.116. The number of urea groups is 1. The lowest BCUT2D eigenvalue weighted by molar-refractivity contribution is -0.128. The summed E-state index contributed by atoms with van der Waals surface area (Å²) in [5.74, 6) is -0.116. The van der Waals surface area contributed by atoms with Gasteiger partial charge in [0.2, 0.25) is 0 Å². The lowest BCUT2D eigenvalue weighted by Crippen LogP contribution is -2.44. The number of fused-ring (bicyclic) bond motifs is 4. The van der Waals surface area contributed by atoms with Crippen LogP contribution in [0.1, 0.15) is 42.6 Å². The second kappa shape index (κ2) is 7.33. The van der Waals surface area contributed by atoms with Gasteiger partial charge in [0.25, 0.3) is 5.91 Å². The fourth-order valence-electron chi connectivity index (χ4n) is 4.68. The number of hydrogen-bond donors (Lipinski definition) is 1. The first kappa shape index (κ1) is 19.5. The van der Waals surface area contributed by atoms with E-state index in [2.05, 4.69) is 11.1 Å². The molecule has 3 heterocycles. The van der Waals surface area contributed by atoms with E-state index in [-0.39, 0.29) is 11.9 Å². The zero-order chi connectivity index (χ0) is 21.0. The van der Waals surface area contributed by atoms with Gasteiger partial charge in [-0.15, -0.1) is 0 Å². The number of carbonyl (C=O) groups excluding carboxylic acids is 2. The SMILES string of the molecule is CCCCN1C(=O)[C@@H]2Cc3c([nH]c4ccccc34)[C@@H](c3ccc(Cl)c(Cl)c3)N2C1=O. The molecule has 0 aliphatic carbocycles. The molecule has 1 fully saturated rings. The van der Waals surface area contributed by atoms with Crippen LogP contribution in [0.4, 0.5) is 4.79 Å². The van der Waals surface area contributed by atoms with Gasteiger partial charge in [-0.2, -0.15) is 0 Å². The van der Waals surface area contributed by atoms with E-state index in [9.17, 15) is 9.59 Å². The van der Waals surface area contributed by atoms with Gasteiger partial charge in [0.15, 0.2) is 0 Å². The molecule has 0 bridgehead atoms. The number of unbranched alkanes of at least 4 members (excludes halogenated alkanes) is 1. The number of aromatic nitrogens is 1. The van der Waals surface area contributed by atoms with Crippen LogP contribution in [0, 0.1) is 0 Å². The van der Waals surface area contributed by atoms with Gasteiger partial charge in [0, 0.05) is 29.6 Å². The monoisotopic (exact) mass is 441 g/mol. The predicted molar refractivity (Wildman–Crippen MR) is 118 cm³/mol. The number of hydrogen-bond acceptors (Lipinski definition) is 2. The smallest absolute Gasteiger partial charge is 0.328 e. The molecule has 3 amide bonds. The average molecular weight is 442 g/mol. The van der Waals surface area contributed by atoms with E-state index in [1.165, 1.54) is 4.90 Å². The van der Waals surface area contributed by atoms with Crippen LogP contribution in [-0.4, -0.2) is 39.3 Å². The largest absolute Gasteiger partial charge is 0.356 e. The molecule has 0 saturated carbocycles. The number of nitrogens with zero attached hydrogens (tertiary/aromatic N) is 2. The van der Waals surface area contributed by atoms with Crippen LogP contribution in [0.2, 0.25) is 10.0 Å². The third kappa shape index (κ3) is 2.83. The van der Waals surface area contributed by atoms with E-state index >= 15 is 0 Å². The number of rotatable bonds is 4. The Balaban J connectivity index is 1.69. The second-order valence-corrected chi connectivity index (χ2v) is 8.71. The van der Waals surface area contributed by atoms with Crippen LogP contribution < -0.4 is 0 Å². The lowest BCUT2D eigenvalue weighted by atomic mass is 9.89. The average Bonchev–Trinajstić information content (AvgIpc) is 3.23. The molecule has 1 aromatic heterocycles. The maximum Gasteiger partial charge on any atom is 0.328 e. The molecule has 1 saturated heterocycles. The summed E-state index contributed by atoms with van der Waals surface area (Å²) in [6.45, 7) is 2.50. The molecular weight excluding hydrogens is 421 g/mol. The van der Waals surface area contributed by atoms with Crippen LogP contribution in [-0.2, 0) is 11.2 Å². The van der Waals surface area contributed by atoms with Crippen molar-refractivity contribution in [2.45, 2.75) is 38.3 Å². The third-order valence-corrected chi connectivity index (χ3v) is 6.87. The van der Waals surface area contributed by atoms with Crippen molar-refractivity contribution in [1.29, 1.82) is 0 Å². The summed E-state index contributed by atoms with van der Waals surface area (Å²) in [6.07, 6.45) is 2.22.